The van der Waals surface area contributed by atoms with Crippen molar-refractivity contribution >= 4 is 5.96 Å². The summed E-state index contributed by atoms with van der Waals surface area (Å²) in [6, 6.07) is 1.89. The molecule has 1 saturated heterocycles. The molecule has 0 aromatic heterocycles. The standard InChI is InChI=1S/C15H31N5/c1-11-9-20(13-6-7-13)10-14(11)18-15(16-3)17-8-12(2)19(4)5/h11-14H,6-10H2,1-5H3,(H2,16,17,18). The van der Waals surface area contributed by atoms with Gasteiger partial charge in [-0.15, -0.1) is 0 Å². The van der Waals surface area contributed by atoms with Crippen LogP contribution in [0.5, 0.6) is 0 Å². The number of nitrogens with zero attached hydrogens (tertiary/aromatic N) is 3. The number of guanidine groups is 1. The van der Waals surface area contributed by atoms with Gasteiger partial charge in [0.25, 0.3) is 0 Å². The van der Waals surface area contributed by atoms with Crippen molar-refractivity contribution in [3.8, 4) is 0 Å². The van der Waals surface area contributed by atoms with Crippen molar-refractivity contribution in [1.82, 2.24) is 20.4 Å². The second-order valence-corrected chi connectivity index (χ2v) is 6.68. The van der Waals surface area contributed by atoms with Crippen LogP contribution in [0, 0.1) is 5.92 Å². The number of hydrogen-bond donors (Lipinski definition) is 2. The number of likely N-dealkylation sites (N-methyl/N-ethyl adjacent to an activating group) is 1. The van der Waals surface area contributed by atoms with E-state index >= 15 is 0 Å². The summed E-state index contributed by atoms with van der Waals surface area (Å²) in [6.45, 7) is 7.87. The van der Waals surface area contributed by atoms with Gasteiger partial charge in [-0.1, -0.05) is 6.92 Å². The van der Waals surface area contributed by atoms with E-state index in [-0.39, 0.29) is 0 Å². The molecule has 1 saturated carbocycles. The smallest absolute Gasteiger partial charge is 0.191 e. The quantitative estimate of drug-likeness (QED) is 0.572. The van der Waals surface area contributed by atoms with Gasteiger partial charge in [0, 0.05) is 44.8 Å². The first kappa shape index (κ1) is 15.6. The molecule has 3 unspecified atom stereocenters. The van der Waals surface area contributed by atoms with Crippen LogP contribution in [-0.4, -0.2) is 74.7 Å². The topological polar surface area (TPSA) is 42.9 Å². The van der Waals surface area contributed by atoms with E-state index in [1.807, 2.05) is 7.05 Å². The second-order valence-electron chi connectivity index (χ2n) is 6.68. The number of aliphatic imine (C=N–C) groups is 1. The number of likely N-dealkylation sites (tertiary alicyclic amines) is 1. The molecule has 2 N–H and O–H groups in total. The van der Waals surface area contributed by atoms with Crippen molar-refractivity contribution in [2.75, 3.05) is 40.8 Å². The Morgan fingerprint density at radius 3 is 2.60 bits per heavy atom. The Balaban J connectivity index is 1.78. The molecule has 20 heavy (non-hydrogen) atoms. The molecular weight excluding hydrogens is 250 g/mol. The molecule has 116 valence electrons. The van der Waals surface area contributed by atoms with Gasteiger partial charge in [-0.3, -0.25) is 9.89 Å². The highest BCUT2D eigenvalue weighted by molar-refractivity contribution is 5.80. The molecule has 2 fully saturated rings. The van der Waals surface area contributed by atoms with Crippen molar-refractivity contribution in [3.05, 3.63) is 0 Å². The molecule has 0 spiro atoms. The van der Waals surface area contributed by atoms with Gasteiger partial charge in [-0.25, -0.2) is 0 Å². The summed E-state index contributed by atoms with van der Waals surface area (Å²) in [5, 5.41) is 7.04. The summed E-state index contributed by atoms with van der Waals surface area (Å²) in [4.78, 5) is 9.21. The Kier molecular flexibility index (Phi) is 5.27. The molecule has 0 amide bonds. The Morgan fingerprint density at radius 2 is 2.05 bits per heavy atom. The zero-order chi connectivity index (χ0) is 14.7. The average Bonchev–Trinajstić information content (AvgIpc) is 3.19. The lowest BCUT2D eigenvalue weighted by atomic mass is 10.1. The van der Waals surface area contributed by atoms with Crippen molar-refractivity contribution in [2.45, 2.75) is 44.8 Å². The molecule has 0 bridgehead atoms. The first-order valence-corrected chi connectivity index (χ1v) is 7.89. The van der Waals surface area contributed by atoms with Crippen LogP contribution in [0.3, 0.4) is 0 Å². The molecule has 1 aliphatic heterocycles. The summed E-state index contributed by atoms with van der Waals surface area (Å²) < 4.78 is 0. The van der Waals surface area contributed by atoms with Crippen LogP contribution < -0.4 is 10.6 Å². The number of rotatable bonds is 5. The highest BCUT2D eigenvalue weighted by Gasteiger charge is 2.38. The molecule has 1 heterocycles. The summed E-state index contributed by atoms with van der Waals surface area (Å²) in [6.07, 6.45) is 2.79. The van der Waals surface area contributed by atoms with Gasteiger partial charge in [0.15, 0.2) is 5.96 Å². The zero-order valence-electron chi connectivity index (χ0n) is 13.7. The first-order chi connectivity index (χ1) is 9.51. The van der Waals surface area contributed by atoms with Gasteiger partial charge in [-0.2, -0.15) is 0 Å². The predicted octanol–water partition coefficient (Wildman–Crippen LogP) is 0.584. The third-order valence-electron chi connectivity index (χ3n) is 4.70. The summed E-state index contributed by atoms with van der Waals surface area (Å²) >= 11 is 0. The molecule has 3 atom stereocenters. The van der Waals surface area contributed by atoms with E-state index in [0.29, 0.717) is 18.0 Å². The second kappa shape index (κ2) is 6.76. The molecular formula is C15H31N5. The van der Waals surface area contributed by atoms with E-state index in [2.05, 4.69) is 53.4 Å². The maximum atomic E-state index is 4.36. The Bertz CT molecular complexity index is 337. The summed E-state index contributed by atoms with van der Waals surface area (Å²) in [7, 11) is 6.07. The minimum atomic E-state index is 0.498. The van der Waals surface area contributed by atoms with Crippen LogP contribution in [-0.2, 0) is 0 Å². The molecule has 1 aliphatic carbocycles. The van der Waals surface area contributed by atoms with Gasteiger partial charge >= 0.3 is 0 Å². The fraction of sp³-hybridized carbons (Fsp3) is 0.933. The average molecular weight is 281 g/mol. The van der Waals surface area contributed by atoms with E-state index in [1.54, 1.807) is 0 Å². The number of nitrogens with one attached hydrogen (secondary N) is 2. The maximum Gasteiger partial charge on any atom is 0.191 e. The fourth-order valence-electron chi connectivity index (χ4n) is 2.73. The lowest BCUT2D eigenvalue weighted by Gasteiger charge is -2.24. The normalized spacial score (nSPS) is 29.8. The first-order valence-electron chi connectivity index (χ1n) is 7.89. The SMILES string of the molecule is CN=C(NCC(C)N(C)C)NC1CN(C2CC2)CC1C. The van der Waals surface area contributed by atoms with Crippen LogP contribution in [0.1, 0.15) is 26.7 Å². The molecule has 5 heteroatoms. The van der Waals surface area contributed by atoms with E-state index in [9.17, 15) is 0 Å². The van der Waals surface area contributed by atoms with Gasteiger partial charge < -0.3 is 15.5 Å². The molecule has 0 aromatic carbocycles. The van der Waals surface area contributed by atoms with Crippen molar-refractivity contribution < 1.29 is 0 Å². The molecule has 5 nitrogen and oxygen atoms in total. The van der Waals surface area contributed by atoms with E-state index in [0.717, 1.165) is 25.1 Å². The van der Waals surface area contributed by atoms with Crippen LogP contribution in [0.25, 0.3) is 0 Å². The van der Waals surface area contributed by atoms with Crippen LogP contribution >= 0.6 is 0 Å². The molecule has 0 radical (unpaired) electrons. The monoisotopic (exact) mass is 281 g/mol. The predicted molar refractivity (Wildman–Crippen MR) is 85.2 cm³/mol. The van der Waals surface area contributed by atoms with Crippen LogP contribution in [0.4, 0.5) is 0 Å². The van der Waals surface area contributed by atoms with E-state index in [1.165, 1.54) is 19.4 Å². The van der Waals surface area contributed by atoms with Gasteiger partial charge in [-0.05, 0) is 39.8 Å². The van der Waals surface area contributed by atoms with Gasteiger partial charge in [0.05, 0.1) is 0 Å². The minimum Gasteiger partial charge on any atom is -0.355 e. The van der Waals surface area contributed by atoms with Gasteiger partial charge in [0.2, 0.25) is 0 Å². The fourth-order valence-corrected chi connectivity index (χ4v) is 2.73. The van der Waals surface area contributed by atoms with E-state index in [4.69, 9.17) is 0 Å². The third-order valence-corrected chi connectivity index (χ3v) is 4.70. The Labute approximate surface area is 123 Å². The zero-order valence-corrected chi connectivity index (χ0v) is 13.7. The highest BCUT2D eigenvalue weighted by Crippen LogP contribution is 2.31. The van der Waals surface area contributed by atoms with Crippen LogP contribution in [0.15, 0.2) is 4.99 Å². The van der Waals surface area contributed by atoms with Crippen LogP contribution in [0.2, 0.25) is 0 Å². The third kappa shape index (κ3) is 4.09. The van der Waals surface area contributed by atoms with Crippen molar-refractivity contribution in [2.24, 2.45) is 10.9 Å². The highest BCUT2D eigenvalue weighted by atomic mass is 15.3. The van der Waals surface area contributed by atoms with Gasteiger partial charge in [0.1, 0.15) is 0 Å². The summed E-state index contributed by atoms with van der Waals surface area (Å²) in [5.41, 5.74) is 0. The Morgan fingerprint density at radius 1 is 1.35 bits per heavy atom. The largest absolute Gasteiger partial charge is 0.355 e. The molecule has 2 aliphatic rings. The minimum absolute atomic E-state index is 0.498. The van der Waals surface area contributed by atoms with E-state index < -0.39 is 0 Å². The molecule has 2 rings (SSSR count). The lowest BCUT2D eigenvalue weighted by molar-refractivity contribution is 0.311. The number of hydrogen-bond acceptors (Lipinski definition) is 3. The Hall–Kier alpha value is -0.810. The molecule has 0 aromatic rings. The van der Waals surface area contributed by atoms with Crippen molar-refractivity contribution in [1.29, 1.82) is 0 Å². The van der Waals surface area contributed by atoms with Crippen molar-refractivity contribution in [3.63, 3.8) is 0 Å². The maximum absolute atomic E-state index is 4.36. The summed E-state index contributed by atoms with van der Waals surface area (Å²) in [5.74, 6) is 1.63. The lowest BCUT2D eigenvalue weighted by Crippen LogP contribution is -2.49.